The molecule has 1 saturated heterocycles. The zero-order valence-electron chi connectivity index (χ0n) is 14.9. The Morgan fingerprint density at radius 2 is 2.04 bits per heavy atom. The second-order valence-corrected chi connectivity index (χ2v) is 9.18. The number of aromatic nitrogens is 1. The minimum absolute atomic E-state index is 0.118. The third-order valence-electron chi connectivity index (χ3n) is 4.48. The van der Waals surface area contributed by atoms with Crippen LogP contribution >= 0.6 is 11.3 Å². The Bertz CT molecular complexity index is 860. The first-order valence-electron chi connectivity index (χ1n) is 8.50. The molecular formula is C17H21N4O4S2. The highest BCUT2D eigenvalue weighted by Crippen LogP contribution is 2.15. The highest BCUT2D eigenvalue weighted by Gasteiger charge is 2.34. The molecule has 1 N–H and O–H groups in total. The predicted molar refractivity (Wildman–Crippen MR) is 102 cm³/mol. The standard InChI is InChI=1S/C17H21N4O4S2/c1-21(23)10-8-20(9-11-21)27(24,25)19-15(13-14-5-3-2-4-6-14)16(22)17-18-7-12-26-17/h2-7,15,19H,8-11,13H2,1H3/t15-/m0/s1. The van der Waals surface area contributed by atoms with Gasteiger partial charge in [-0.15, -0.1) is 11.3 Å². The summed E-state index contributed by atoms with van der Waals surface area (Å²) in [4.78, 5) is 16.8. The van der Waals surface area contributed by atoms with Gasteiger partial charge in [0.15, 0.2) is 5.01 Å². The van der Waals surface area contributed by atoms with Crippen LogP contribution in [0.3, 0.4) is 0 Å². The molecule has 3 rings (SSSR count). The molecule has 27 heavy (non-hydrogen) atoms. The topological polar surface area (TPSA) is 102 Å². The number of hydrogen-bond acceptors (Lipinski definition) is 6. The number of rotatable bonds is 7. The van der Waals surface area contributed by atoms with Gasteiger partial charge in [-0.1, -0.05) is 30.3 Å². The number of likely N-dealkylation sites (N-methyl/N-ethyl adjacent to an activating group) is 1. The van der Waals surface area contributed by atoms with Gasteiger partial charge in [0.2, 0.25) is 5.78 Å². The van der Waals surface area contributed by atoms with Crippen molar-refractivity contribution in [1.29, 1.82) is 0 Å². The van der Waals surface area contributed by atoms with Crippen molar-refractivity contribution in [3.8, 4) is 0 Å². The van der Waals surface area contributed by atoms with Gasteiger partial charge in [-0.2, -0.15) is 17.4 Å². The first kappa shape index (κ1) is 20.1. The van der Waals surface area contributed by atoms with Crippen LogP contribution in [0.5, 0.6) is 0 Å². The lowest BCUT2D eigenvalue weighted by Gasteiger charge is -2.44. The maximum absolute atomic E-state index is 12.8. The van der Waals surface area contributed by atoms with Crippen molar-refractivity contribution >= 4 is 27.3 Å². The summed E-state index contributed by atoms with van der Waals surface area (Å²) in [6.07, 6.45) is 1.60. The van der Waals surface area contributed by atoms with Crippen molar-refractivity contribution in [3.63, 3.8) is 0 Å². The summed E-state index contributed by atoms with van der Waals surface area (Å²) in [5.41, 5.74) is 0.835. The van der Waals surface area contributed by atoms with Gasteiger partial charge in [-0.3, -0.25) is 4.79 Å². The normalized spacial score (nSPS) is 18.9. The Hall–Kier alpha value is -1.69. The van der Waals surface area contributed by atoms with E-state index in [2.05, 4.69) is 15.1 Å². The molecule has 0 bridgehead atoms. The second-order valence-electron chi connectivity index (χ2n) is 6.66. The van der Waals surface area contributed by atoms with E-state index in [0.29, 0.717) is 0 Å². The molecule has 1 fully saturated rings. The fourth-order valence-corrected chi connectivity index (χ4v) is 4.77. The third kappa shape index (κ3) is 5.18. The van der Waals surface area contributed by atoms with Gasteiger partial charge in [0, 0.05) is 6.20 Å². The van der Waals surface area contributed by atoms with E-state index in [1.165, 1.54) is 17.5 Å². The maximum atomic E-state index is 12.8. The van der Waals surface area contributed by atoms with E-state index in [-0.39, 0.29) is 37.6 Å². The van der Waals surface area contributed by atoms with E-state index in [1.54, 1.807) is 0 Å². The van der Waals surface area contributed by atoms with Crippen LogP contribution in [-0.2, 0) is 16.6 Å². The Labute approximate surface area is 162 Å². The number of quaternary nitrogens is 1. The number of ketones is 1. The summed E-state index contributed by atoms with van der Waals surface area (Å²) in [6, 6.07) is 8.21. The summed E-state index contributed by atoms with van der Waals surface area (Å²) in [7, 11) is -2.38. The van der Waals surface area contributed by atoms with Gasteiger partial charge < -0.3 is 9.85 Å². The van der Waals surface area contributed by atoms with E-state index >= 15 is 0 Å². The number of benzene rings is 1. The largest absolute Gasteiger partial charge is 0.633 e. The lowest BCUT2D eigenvalue weighted by atomic mass is 10.0. The van der Waals surface area contributed by atoms with Crippen molar-refractivity contribution in [2.75, 3.05) is 33.2 Å². The van der Waals surface area contributed by atoms with Gasteiger partial charge in [0.1, 0.15) is 0 Å². The fourth-order valence-electron chi connectivity index (χ4n) is 2.86. The summed E-state index contributed by atoms with van der Waals surface area (Å²) in [6.45, 7) is 0.596. The molecule has 0 saturated carbocycles. The van der Waals surface area contributed by atoms with Crippen LogP contribution < -0.4 is 4.72 Å². The summed E-state index contributed by atoms with van der Waals surface area (Å²) in [5, 5.41) is 14.9. The minimum Gasteiger partial charge on any atom is -0.633 e. The lowest BCUT2D eigenvalue weighted by molar-refractivity contribution is -0.864. The Morgan fingerprint density at radius 1 is 1.37 bits per heavy atom. The van der Waals surface area contributed by atoms with Crippen molar-refractivity contribution in [2.45, 2.75) is 12.5 Å². The number of thiazole rings is 1. The first-order chi connectivity index (χ1) is 12.8. The zero-order chi connectivity index (χ0) is 19.5. The van der Waals surface area contributed by atoms with Crippen LogP contribution in [0.2, 0.25) is 0 Å². The van der Waals surface area contributed by atoms with E-state index in [0.717, 1.165) is 16.9 Å². The van der Waals surface area contributed by atoms with Crippen molar-refractivity contribution in [3.05, 3.63) is 57.7 Å². The molecule has 0 spiro atoms. The highest BCUT2D eigenvalue weighted by atomic mass is 32.2. The Balaban J connectivity index is 1.79. The van der Waals surface area contributed by atoms with Crippen molar-refractivity contribution in [2.24, 2.45) is 0 Å². The molecule has 2 heterocycles. The van der Waals surface area contributed by atoms with Gasteiger partial charge >= 0.3 is 0 Å². The van der Waals surface area contributed by atoms with Crippen LogP contribution in [0.15, 0.2) is 36.5 Å². The number of nitrogens with one attached hydrogen (secondary N) is 1. The molecule has 145 valence electrons. The molecule has 8 nitrogen and oxygen atoms in total. The predicted octanol–water partition coefficient (Wildman–Crippen LogP) is 0.832. The zero-order valence-corrected chi connectivity index (χ0v) is 16.5. The van der Waals surface area contributed by atoms with E-state index in [1.807, 2.05) is 30.3 Å². The van der Waals surface area contributed by atoms with Crippen molar-refractivity contribution < 1.29 is 17.9 Å². The second kappa shape index (κ2) is 8.13. The number of Topliss-reactive ketones (excluding diaryl/α,β-unsaturated/α-hetero) is 1. The highest BCUT2D eigenvalue weighted by molar-refractivity contribution is 7.87. The van der Waals surface area contributed by atoms with Crippen LogP contribution in [-0.4, -0.2) is 67.4 Å². The third-order valence-corrected chi connectivity index (χ3v) is 6.83. The number of nitrogens with zero attached hydrogens (tertiary/aromatic N) is 3. The minimum atomic E-state index is -3.91. The van der Waals surface area contributed by atoms with E-state index in [4.69, 9.17) is 0 Å². The number of hydrogen-bond donors (Lipinski definition) is 1. The Morgan fingerprint density at radius 3 is 2.63 bits per heavy atom. The number of carbonyl (C=O) groups excluding carboxylic acids is 1. The van der Waals surface area contributed by atoms with Crippen LogP contribution in [0.1, 0.15) is 15.4 Å². The summed E-state index contributed by atoms with van der Waals surface area (Å²) < 4.78 is 28.9. The number of hydroxylamine groups is 3. The quantitative estimate of drug-likeness (QED) is 0.415. The van der Waals surface area contributed by atoms with Crippen LogP contribution in [0, 0.1) is 10.6 Å². The molecule has 1 aliphatic heterocycles. The van der Waals surface area contributed by atoms with Crippen molar-refractivity contribution in [1.82, 2.24) is 14.0 Å². The molecule has 1 aromatic heterocycles. The Kier molecular flexibility index (Phi) is 6.04. The molecule has 1 aromatic carbocycles. The molecule has 1 aliphatic rings. The van der Waals surface area contributed by atoms with Crippen LogP contribution in [0.4, 0.5) is 0 Å². The molecular weight excluding hydrogens is 388 g/mol. The molecule has 2 aromatic rings. The summed E-state index contributed by atoms with van der Waals surface area (Å²) in [5.74, 6) is -0.393. The van der Waals surface area contributed by atoms with Gasteiger partial charge in [0.05, 0.1) is 44.6 Å². The summed E-state index contributed by atoms with van der Waals surface area (Å²) >= 11 is 1.05. The molecule has 0 aliphatic carbocycles. The first-order valence-corrected chi connectivity index (χ1v) is 10.8. The SMILES string of the molecule is C[N+]1([O-])CCN(S(=O)(=O)N[C@@H](Cc2ccccc2)C(=O)c2nc[c]s2)CC1. The molecule has 0 unspecified atom stereocenters. The molecule has 1 atom stereocenters. The van der Waals surface area contributed by atoms with Gasteiger partial charge in [0.25, 0.3) is 10.2 Å². The monoisotopic (exact) mass is 409 g/mol. The van der Waals surface area contributed by atoms with Crippen LogP contribution in [0.25, 0.3) is 0 Å². The fraction of sp³-hybridized carbons (Fsp3) is 0.412. The molecule has 1 radical (unpaired) electrons. The van der Waals surface area contributed by atoms with Gasteiger partial charge in [-0.05, 0) is 12.0 Å². The smallest absolute Gasteiger partial charge is 0.280 e. The average Bonchev–Trinajstić information content (AvgIpc) is 3.15. The van der Waals surface area contributed by atoms with Gasteiger partial charge in [-0.25, -0.2) is 4.98 Å². The lowest BCUT2D eigenvalue weighted by Crippen LogP contribution is -2.58. The molecule has 10 heteroatoms. The number of carbonyl (C=O) groups is 1. The molecule has 0 amide bonds. The van der Waals surface area contributed by atoms with E-state index in [9.17, 15) is 18.4 Å². The maximum Gasteiger partial charge on any atom is 0.280 e. The number of piperazine rings is 1. The average molecular weight is 410 g/mol. The van der Waals surface area contributed by atoms with E-state index < -0.39 is 26.7 Å².